The Labute approximate surface area is 92.9 Å². The summed E-state index contributed by atoms with van der Waals surface area (Å²) in [6.07, 6.45) is 4.54. The fraction of sp³-hybridized carbons (Fsp3) is 0.750. The van der Waals surface area contributed by atoms with Crippen molar-refractivity contribution in [2.24, 2.45) is 0 Å². The maximum absolute atomic E-state index is 13.5. The molecular weight excluding hydrogens is 193 g/mol. The third-order valence-electron chi connectivity index (χ3n) is 1.81. The molecule has 0 heterocycles. The van der Waals surface area contributed by atoms with E-state index in [-0.39, 0.29) is 6.42 Å². The summed E-state index contributed by atoms with van der Waals surface area (Å²) in [6, 6.07) is 0. The van der Waals surface area contributed by atoms with Gasteiger partial charge in [-0.15, -0.1) is 0 Å². The lowest BCUT2D eigenvalue weighted by atomic mass is 10.0. The van der Waals surface area contributed by atoms with E-state index in [2.05, 4.69) is 5.32 Å². The van der Waals surface area contributed by atoms with Gasteiger partial charge >= 0.3 is 0 Å². The molecule has 3 heteroatoms. The summed E-state index contributed by atoms with van der Waals surface area (Å²) >= 11 is 0. The first-order valence-corrected chi connectivity index (χ1v) is 5.63. The van der Waals surface area contributed by atoms with Gasteiger partial charge in [0, 0.05) is 6.54 Å². The Balaban J connectivity index is 0. The van der Waals surface area contributed by atoms with E-state index in [0.717, 1.165) is 0 Å². The van der Waals surface area contributed by atoms with Crippen molar-refractivity contribution in [2.45, 2.75) is 53.1 Å². The van der Waals surface area contributed by atoms with Crippen LogP contribution >= 0.6 is 0 Å². The molecule has 0 bridgehead atoms. The average Bonchev–Trinajstić information content (AvgIpc) is 2.21. The Hall–Kier alpha value is -0.860. The van der Waals surface area contributed by atoms with Gasteiger partial charge in [-0.3, -0.25) is 4.79 Å². The highest BCUT2D eigenvalue weighted by atomic mass is 19.1. The van der Waals surface area contributed by atoms with Gasteiger partial charge in [-0.2, -0.15) is 0 Å². The first-order chi connectivity index (χ1) is 7.04. The summed E-state index contributed by atoms with van der Waals surface area (Å²) in [5.41, 5.74) is -1.73. The van der Waals surface area contributed by atoms with Crippen molar-refractivity contribution in [3.05, 3.63) is 12.2 Å². The number of carbonyl (C=O) groups excluding carboxylic acids is 1. The van der Waals surface area contributed by atoms with E-state index in [1.165, 1.54) is 6.92 Å². The number of alkyl halides is 1. The summed E-state index contributed by atoms with van der Waals surface area (Å²) in [6.45, 7) is 9.43. The van der Waals surface area contributed by atoms with E-state index in [1.807, 2.05) is 33.8 Å². The van der Waals surface area contributed by atoms with Crippen LogP contribution in [-0.2, 0) is 4.79 Å². The van der Waals surface area contributed by atoms with E-state index in [4.69, 9.17) is 0 Å². The minimum absolute atomic E-state index is 0.272. The van der Waals surface area contributed by atoms with Gasteiger partial charge in [-0.1, -0.05) is 39.3 Å². The van der Waals surface area contributed by atoms with Crippen molar-refractivity contribution >= 4 is 5.91 Å². The van der Waals surface area contributed by atoms with E-state index < -0.39 is 11.6 Å². The maximum Gasteiger partial charge on any atom is 0.257 e. The van der Waals surface area contributed by atoms with Crippen LogP contribution in [-0.4, -0.2) is 18.1 Å². The number of amides is 1. The van der Waals surface area contributed by atoms with Crippen LogP contribution in [0.5, 0.6) is 0 Å². The van der Waals surface area contributed by atoms with Crippen LogP contribution in [0.25, 0.3) is 0 Å². The Morgan fingerprint density at radius 2 is 2.00 bits per heavy atom. The third kappa shape index (κ3) is 8.16. The van der Waals surface area contributed by atoms with Crippen molar-refractivity contribution < 1.29 is 9.18 Å². The highest BCUT2D eigenvalue weighted by Crippen LogP contribution is 2.17. The summed E-state index contributed by atoms with van der Waals surface area (Å²) < 4.78 is 13.5. The number of hydrogen-bond acceptors (Lipinski definition) is 1. The fourth-order valence-electron chi connectivity index (χ4n) is 1.04. The van der Waals surface area contributed by atoms with E-state index in [1.54, 1.807) is 6.08 Å². The van der Waals surface area contributed by atoms with Crippen LogP contribution in [0, 0.1) is 0 Å². The van der Waals surface area contributed by atoms with Crippen LogP contribution in [0.1, 0.15) is 47.5 Å². The highest BCUT2D eigenvalue weighted by molar-refractivity contribution is 5.84. The number of rotatable bonds is 5. The van der Waals surface area contributed by atoms with Crippen LogP contribution in [0.2, 0.25) is 0 Å². The van der Waals surface area contributed by atoms with Gasteiger partial charge in [-0.25, -0.2) is 4.39 Å². The smallest absolute Gasteiger partial charge is 0.257 e. The largest absolute Gasteiger partial charge is 0.350 e. The molecule has 0 spiro atoms. The molecular formula is C12H24FNO. The maximum atomic E-state index is 13.5. The molecule has 1 N–H and O–H groups in total. The molecule has 0 aliphatic rings. The lowest BCUT2D eigenvalue weighted by Gasteiger charge is -2.17. The fourth-order valence-corrected chi connectivity index (χ4v) is 1.04. The second kappa shape index (κ2) is 9.69. The van der Waals surface area contributed by atoms with E-state index in [9.17, 15) is 9.18 Å². The second-order valence-corrected chi connectivity index (χ2v) is 3.23. The van der Waals surface area contributed by atoms with Crippen molar-refractivity contribution in [3.63, 3.8) is 0 Å². The quantitative estimate of drug-likeness (QED) is 0.704. The summed E-state index contributed by atoms with van der Waals surface area (Å²) in [4.78, 5) is 11.2. The van der Waals surface area contributed by atoms with Gasteiger partial charge < -0.3 is 5.32 Å². The zero-order chi connectivity index (χ0) is 12.3. The van der Waals surface area contributed by atoms with E-state index in [0.29, 0.717) is 13.0 Å². The monoisotopic (exact) mass is 217 g/mol. The Morgan fingerprint density at radius 3 is 2.40 bits per heavy atom. The minimum Gasteiger partial charge on any atom is -0.350 e. The van der Waals surface area contributed by atoms with Gasteiger partial charge in [0.15, 0.2) is 5.67 Å². The molecule has 0 saturated heterocycles. The molecule has 90 valence electrons. The van der Waals surface area contributed by atoms with Crippen molar-refractivity contribution in [3.8, 4) is 0 Å². The molecule has 0 rings (SSSR count). The molecule has 1 atom stereocenters. The Bertz CT molecular complexity index is 188. The predicted molar refractivity (Wildman–Crippen MR) is 63.6 cm³/mol. The summed E-state index contributed by atoms with van der Waals surface area (Å²) in [5, 5.41) is 2.51. The second-order valence-electron chi connectivity index (χ2n) is 3.23. The number of hydrogen-bond donors (Lipinski definition) is 1. The van der Waals surface area contributed by atoms with Crippen molar-refractivity contribution in [1.29, 1.82) is 0 Å². The number of halogens is 1. The molecule has 1 unspecified atom stereocenters. The summed E-state index contributed by atoms with van der Waals surface area (Å²) in [5.74, 6) is -0.521. The molecule has 2 nitrogen and oxygen atoms in total. The van der Waals surface area contributed by atoms with Gasteiger partial charge in [0.25, 0.3) is 5.91 Å². The molecule has 0 fully saturated rings. The average molecular weight is 217 g/mol. The van der Waals surface area contributed by atoms with Gasteiger partial charge in [-0.05, 0) is 20.3 Å². The lowest BCUT2D eigenvalue weighted by molar-refractivity contribution is -0.132. The zero-order valence-electron chi connectivity index (χ0n) is 10.6. The first kappa shape index (κ1) is 16.6. The van der Waals surface area contributed by atoms with Gasteiger partial charge in [0.2, 0.25) is 0 Å². The normalized spacial score (nSPS) is 14.0. The molecule has 0 aromatic rings. The van der Waals surface area contributed by atoms with E-state index >= 15 is 0 Å². The van der Waals surface area contributed by atoms with Crippen LogP contribution in [0.15, 0.2) is 12.2 Å². The Morgan fingerprint density at radius 1 is 1.47 bits per heavy atom. The number of nitrogens with one attached hydrogen (secondary N) is 1. The molecule has 0 aromatic carbocycles. The van der Waals surface area contributed by atoms with Crippen molar-refractivity contribution in [1.82, 2.24) is 5.32 Å². The number of carbonyl (C=O) groups is 1. The standard InChI is InChI=1S/C10H18FNO.C2H6/c1-4-6-8-12-9(13)10(3,11)7-5-2;1-2/h4,6H,5,7-8H2,1-3H3,(H,12,13);1-2H3/b6-4+;. The predicted octanol–water partition coefficient (Wildman–Crippen LogP) is 3.23. The van der Waals surface area contributed by atoms with Gasteiger partial charge in [0.1, 0.15) is 0 Å². The first-order valence-electron chi connectivity index (χ1n) is 5.63. The lowest BCUT2D eigenvalue weighted by Crippen LogP contribution is -2.41. The minimum atomic E-state index is -1.73. The summed E-state index contributed by atoms with van der Waals surface area (Å²) in [7, 11) is 0. The molecule has 0 saturated carbocycles. The van der Waals surface area contributed by atoms with Crippen molar-refractivity contribution in [2.75, 3.05) is 6.54 Å². The third-order valence-corrected chi connectivity index (χ3v) is 1.81. The highest BCUT2D eigenvalue weighted by Gasteiger charge is 2.30. The molecule has 15 heavy (non-hydrogen) atoms. The molecule has 1 amide bonds. The Kier molecular flexibility index (Phi) is 10.7. The molecule has 0 aromatic heterocycles. The topological polar surface area (TPSA) is 29.1 Å². The van der Waals surface area contributed by atoms with Crippen LogP contribution in [0.4, 0.5) is 4.39 Å². The molecule has 0 radical (unpaired) electrons. The van der Waals surface area contributed by atoms with Crippen LogP contribution in [0.3, 0.4) is 0 Å². The molecule has 0 aliphatic carbocycles. The van der Waals surface area contributed by atoms with Gasteiger partial charge in [0.05, 0.1) is 0 Å². The number of allylic oxidation sites excluding steroid dienone is 1. The zero-order valence-corrected chi connectivity index (χ0v) is 10.6. The van der Waals surface area contributed by atoms with Crippen LogP contribution < -0.4 is 5.32 Å². The molecule has 0 aliphatic heterocycles. The SMILES string of the molecule is C/C=C/CNC(=O)C(C)(F)CCC.CC.